The summed E-state index contributed by atoms with van der Waals surface area (Å²) in [6, 6.07) is 0. The molecule has 0 unspecified atom stereocenters. The normalized spacial score (nSPS) is 17.2. The van der Waals surface area contributed by atoms with Crippen LogP contribution >= 0.6 is 0 Å². The molecule has 1 rings (SSSR count). The van der Waals surface area contributed by atoms with Gasteiger partial charge in [0.1, 0.15) is 6.61 Å². The quantitative estimate of drug-likeness (QED) is 0.447. The molecule has 0 aliphatic carbocycles. The smallest absolute Gasteiger partial charge is 0.226 e. The van der Waals surface area contributed by atoms with E-state index in [4.69, 9.17) is 4.84 Å². The van der Waals surface area contributed by atoms with E-state index in [1.54, 1.807) is 0 Å². The number of carbonyl (C=O) groups is 1. The van der Waals surface area contributed by atoms with E-state index >= 15 is 0 Å². The molecule has 1 aliphatic heterocycles. The molecular weight excluding hydrogens is 240 g/mol. The summed E-state index contributed by atoms with van der Waals surface area (Å²) in [6.07, 6.45) is 2.65. The minimum Gasteiger partial charge on any atom is -0.395 e. The van der Waals surface area contributed by atoms with Crippen molar-refractivity contribution < 1.29 is 9.63 Å². The van der Waals surface area contributed by atoms with Gasteiger partial charge in [-0.3, -0.25) is 4.79 Å². The maximum Gasteiger partial charge on any atom is 0.226 e. The lowest BCUT2D eigenvalue weighted by Gasteiger charge is -2.38. The minimum atomic E-state index is 0.191. The Morgan fingerprint density at radius 1 is 1.26 bits per heavy atom. The molecule has 0 aromatic rings. The van der Waals surface area contributed by atoms with Crippen LogP contribution in [0.4, 0.5) is 0 Å². The van der Waals surface area contributed by atoms with Crippen LogP contribution in [0.2, 0.25) is 0 Å². The van der Waals surface area contributed by atoms with Crippen LogP contribution in [-0.2, 0) is 9.63 Å². The van der Waals surface area contributed by atoms with Gasteiger partial charge < -0.3 is 9.74 Å². The fourth-order valence-corrected chi connectivity index (χ4v) is 2.46. The third kappa shape index (κ3) is 5.62. The maximum absolute atomic E-state index is 12.0. The Kier molecular flexibility index (Phi) is 5.83. The Balaban J connectivity index is 2.27. The topological polar surface area (TPSA) is 41.9 Å². The Morgan fingerprint density at radius 2 is 1.84 bits per heavy atom. The van der Waals surface area contributed by atoms with Gasteiger partial charge in [-0.05, 0) is 38.0 Å². The van der Waals surface area contributed by atoms with Gasteiger partial charge >= 0.3 is 0 Å². The van der Waals surface area contributed by atoms with Crippen LogP contribution in [0.3, 0.4) is 0 Å². The van der Waals surface area contributed by atoms with E-state index in [1.807, 2.05) is 18.7 Å². The molecule has 0 N–H and O–H groups in total. The van der Waals surface area contributed by atoms with E-state index in [0.29, 0.717) is 18.4 Å². The highest BCUT2D eigenvalue weighted by molar-refractivity contribution is 5.78. The first-order chi connectivity index (χ1) is 8.80. The summed E-state index contributed by atoms with van der Waals surface area (Å²) in [7, 11) is 0. The average molecular weight is 268 g/mol. The highest BCUT2D eigenvalue weighted by Crippen LogP contribution is 2.34. The number of rotatable bonds is 4. The number of hydrogen-bond acceptors (Lipinski definition) is 3. The molecule has 0 spiro atoms. The zero-order valence-corrected chi connectivity index (χ0v) is 13.0. The van der Waals surface area contributed by atoms with Crippen LogP contribution < -0.4 is 0 Å². The molecule has 4 heteroatoms. The Morgan fingerprint density at radius 3 is 2.32 bits per heavy atom. The van der Waals surface area contributed by atoms with Crippen molar-refractivity contribution in [3.63, 3.8) is 0 Å². The van der Waals surface area contributed by atoms with Crippen molar-refractivity contribution >= 4 is 11.6 Å². The second-order valence-electron chi connectivity index (χ2n) is 6.64. The van der Waals surface area contributed by atoms with Gasteiger partial charge in [0.2, 0.25) is 5.91 Å². The van der Waals surface area contributed by atoms with Crippen LogP contribution in [-0.4, -0.2) is 36.2 Å². The van der Waals surface area contributed by atoms with Crippen LogP contribution in [0, 0.1) is 11.3 Å². The van der Waals surface area contributed by atoms with Crippen molar-refractivity contribution in [3.05, 3.63) is 0 Å². The van der Waals surface area contributed by atoms with Crippen LogP contribution in [0.15, 0.2) is 5.16 Å². The zero-order valence-electron chi connectivity index (χ0n) is 13.0. The Hall–Kier alpha value is -1.06. The van der Waals surface area contributed by atoms with Gasteiger partial charge in [0.05, 0.1) is 12.1 Å². The van der Waals surface area contributed by atoms with Crippen LogP contribution in [0.25, 0.3) is 0 Å². The summed E-state index contributed by atoms with van der Waals surface area (Å²) in [6.45, 7) is 12.8. The number of likely N-dealkylation sites (tertiary alicyclic amines) is 1. The fraction of sp³-hybridized carbons (Fsp3) is 0.867. The van der Waals surface area contributed by atoms with Crippen molar-refractivity contribution in [2.45, 2.75) is 53.9 Å². The van der Waals surface area contributed by atoms with Gasteiger partial charge in [0, 0.05) is 13.1 Å². The molecule has 0 radical (unpaired) electrons. The SMILES string of the molecule is CC(C)=NOCCC(=O)N1CCC(C(C)(C)C)CC1. The molecule has 0 bridgehead atoms. The standard InChI is InChI=1S/C15H28N2O2/c1-12(2)16-19-11-8-14(18)17-9-6-13(7-10-17)15(3,4)5/h13H,6-11H2,1-5H3. The van der Waals surface area contributed by atoms with Crippen molar-refractivity contribution in [2.75, 3.05) is 19.7 Å². The summed E-state index contributed by atoms with van der Waals surface area (Å²) < 4.78 is 0. The largest absolute Gasteiger partial charge is 0.395 e. The second kappa shape index (κ2) is 6.92. The first-order valence-electron chi connectivity index (χ1n) is 7.21. The molecule has 1 heterocycles. The fourth-order valence-electron chi connectivity index (χ4n) is 2.46. The predicted octanol–water partition coefficient (Wildman–Crippen LogP) is 3.07. The third-order valence-electron chi connectivity index (χ3n) is 3.73. The summed E-state index contributed by atoms with van der Waals surface area (Å²) >= 11 is 0. The maximum atomic E-state index is 12.0. The van der Waals surface area contributed by atoms with Crippen molar-refractivity contribution in [1.82, 2.24) is 4.90 Å². The van der Waals surface area contributed by atoms with Gasteiger partial charge in [-0.25, -0.2) is 0 Å². The first-order valence-corrected chi connectivity index (χ1v) is 7.21. The van der Waals surface area contributed by atoms with Gasteiger partial charge in [-0.1, -0.05) is 25.9 Å². The van der Waals surface area contributed by atoms with Gasteiger partial charge in [-0.15, -0.1) is 0 Å². The molecule has 1 amide bonds. The highest BCUT2D eigenvalue weighted by Gasteiger charge is 2.30. The zero-order chi connectivity index (χ0) is 14.5. The molecule has 1 fully saturated rings. The molecule has 1 saturated heterocycles. The molecular formula is C15H28N2O2. The Labute approximate surface area is 117 Å². The number of hydrogen-bond donors (Lipinski definition) is 0. The predicted molar refractivity (Wildman–Crippen MR) is 78.1 cm³/mol. The highest BCUT2D eigenvalue weighted by atomic mass is 16.6. The van der Waals surface area contributed by atoms with Gasteiger partial charge in [0.25, 0.3) is 0 Å². The molecule has 0 aromatic heterocycles. The van der Waals surface area contributed by atoms with Crippen LogP contribution in [0.1, 0.15) is 53.9 Å². The molecule has 0 saturated carbocycles. The lowest BCUT2D eigenvalue weighted by Crippen LogP contribution is -2.41. The van der Waals surface area contributed by atoms with Crippen molar-refractivity contribution in [1.29, 1.82) is 0 Å². The van der Waals surface area contributed by atoms with E-state index in [2.05, 4.69) is 25.9 Å². The number of carbonyl (C=O) groups excluding carboxylic acids is 1. The summed E-state index contributed by atoms with van der Waals surface area (Å²) in [5.74, 6) is 0.913. The molecule has 1 aliphatic rings. The minimum absolute atomic E-state index is 0.191. The monoisotopic (exact) mass is 268 g/mol. The molecule has 4 nitrogen and oxygen atoms in total. The summed E-state index contributed by atoms with van der Waals surface area (Å²) in [5, 5.41) is 3.83. The van der Waals surface area contributed by atoms with Crippen LogP contribution in [0.5, 0.6) is 0 Å². The number of piperidine rings is 1. The first kappa shape index (κ1) is 16.0. The third-order valence-corrected chi connectivity index (χ3v) is 3.73. The lowest BCUT2D eigenvalue weighted by atomic mass is 9.75. The van der Waals surface area contributed by atoms with Gasteiger partial charge in [0.15, 0.2) is 0 Å². The van der Waals surface area contributed by atoms with E-state index in [9.17, 15) is 4.79 Å². The summed E-state index contributed by atoms with van der Waals surface area (Å²) in [4.78, 5) is 19.0. The van der Waals surface area contributed by atoms with E-state index in [0.717, 1.165) is 37.6 Å². The van der Waals surface area contributed by atoms with E-state index in [1.165, 1.54) is 0 Å². The van der Waals surface area contributed by atoms with E-state index in [-0.39, 0.29) is 5.91 Å². The second-order valence-corrected chi connectivity index (χ2v) is 6.64. The van der Waals surface area contributed by atoms with Crippen molar-refractivity contribution in [3.8, 4) is 0 Å². The molecule has 0 atom stereocenters. The van der Waals surface area contributed by atoms with Gasteiger partial charge in [-0.2, -0.15) is 0 Å². The number of amides is 1. The Bertz CT molecular complexity index is 320. The number of oxime groups is 1. The molecule has 0 aromatic carbocycles. The average Bonchev–Trinajstić information content (AvgIpc) is 2.33. The van der Waals surface area contributed by atoms with Crippen molar-refractivity contribution in [2.24, 2.45) is 16.5 Å². The summed E-state index contributed by atoms with van der Waals surface area (Å²) in [5.41, 5.74) is 1.23. The van der Waals surface area contributed by atoms with E-state index < -0.39 is 0 Å². The lowest BCUT2D eigenvalue weighted by molar-refractivity contribution is -0.134. The molecule has 19 heavy (non-hydrogen) atoms. The molecule has 110 valence electrons. The number of nitrogens with zero attached hydrogens (tertiary/aromatic N) is 2.